The van der Waals surface area contributed by atoms with Gasteiger partial charge in [0.05, 0.1) is 33.8 Å². The van der Waals surface area contributed by atoms with Crippen molar-refractivity contribution >= 4 is 19.7 Å². The lowest BCUT2D eigenvalue weighted by Crippen LogP contribution is -2.47. The molecule has 0 aliphatic heterocycles. The third-order valence-corrected chi connectivity index (χ3v) is 17.3. The molecule has 0 radical (unpaired) electrons. The highest BCUT2D eigenvalue weighted by molar-refractivity contribution is 7.45. The predicted octanol–water partition coefficient (Wildman–Crippen LogP) is 23.0. The van der Waals surface area contributed by atoms with Crippen LogP contribution in [0, 0.1) is 0 Å². The first-order chi connectivity index (χ1) is 42.4. The second-order valence-electron chi connectivity index (χ2n) is 26.1. The number of phosphoric acid groups is 1. The minimum atomic E-state index is -4.71. The second kappa shape index (κ2) is 66.1. The van der Waals surface area contributed by atoms with Crippen LogP contribution in [0.3, 0.4) is 0 Å². The Balaban J connectivity index is 4.97. The Kier molecular flexibility index (Phi) is 64.0. The van der Waals surface area contributed by atoms with E-state index in [-0.39, 0.29) is 24.9 Å². The molecule has 3 atom stereocenters. The van der Waals surface area contributed by atoms with E-state index in [1.165, 1.54) is 205 Å². The van der Waals surface area contributed by atoms with Gasteiger partial charge in [0.15, 0.2) is 0 Å². The number of hydrogen-bond donors (Lipinski definition) is 1. The fourth-order valence-electron chi connectivity index (χ4n) is 10.7. The zero-order valence-electron chi connectivity index (χ0n) is 58.0. The van der Waals surface area contributed by atoms with Crippen LogP contribution in [0.2, 0.25) is 0 Å². The van der Waals surface area contributed by atoms with Gasteiger partial charge in [-0.25, -0.2) is 0 Å². The van der Waals surface area contributed by atoms with Crippen molar-refractivity contribution in [1.29, 1.82) is 0 Å². The van der Waals surface area contributed by atoms with Gasteiger partial charge in [0.2, 0.25) is 5.91 Å². The molecule has 1 amide bonds. The lowest BCUT2D eigenvalue weighted by atomic mass is 10.0. The Morgan fingerprint density at radius 3 is 1.11 bits per heavy atom. The average Bonchev–Trinajstić information content (AvgIpc) is 3.70. The number of unbranched alkanes of at least 4 members (excludes halogenated alkanes) is 39. The van der Waals surface area contributed by atoms with E-state index in [0.717, 1.165) is 103 Å². The molecular formula is C77H141N2O7P. The van der Waals surface area contributed by atoms with Gasteiger partial charge >= 0.3 is 5.97 Å². The maximum Gasteiger partial charge on any atom is 0.306 e. The van der Waals surface area contributed by atoms with Gasteiger partial charge < -0.3 is 28.5 Å². The average molecular weight is 1240 g/mol. The lowest BCUT2D eigenvalue weighted by Gasteiger charge is -2.30. The molecule has 506 valence electrons. The molecule has 10 heteroatoms. The topological polar surface area (TPSA) is 114 Å². The number of ether oxygens (including phenoxy) is 1. The molecule has 0 saturated carbocycles. The second-order valence-corrected chi connectivity index (χ2v) is 27.5. The van der Waals surface area contributed by atoms with Crippen molar-refractivity contribution in [3.8, 4) is 0 Å². The summed E-state index contributed by atoms with van der Waals surface area (Å²) in [5, 5.41) is 3.04. The van der Waals surface area contributed by atoms with E-state index in [1.54, 1.807) is 0 Å². The summed E-state index contributed by atoms with van der Waals surface area (Å²) in [4.78, 5) is 40.2. The van der Waals surface area contributed by atoms with Crippen molar-refractivity contribution in [2.24, 2.45) is 0 Å². The number of nitrogens with zero attached hydrogens (tertiary/aromatic N) is 1. The van der Waals surface area contributed by atoms with E-state index in [0.29, 0.717) is 17.4 Å². The number of esters is 1. The molecule has 9 nitrogen and oxygen atoms in total. The van der Waals surface area contributed by atoms with Crippen molar-refractivity contribution in [3.05, 3.63) is 85.1 Å². The third-order valence-electron chi connectivity index (χ3n) is 16.3. The van der Waals surface area contributed by atoms with Crippen LogP contribution >= 0.6 is 7.82 Å². The number of rotatable bonds is 67. The van der Waals surface area contributed by atoms with Gasteiger partial charge in [0.25, 0.3) is 7.82 Å². The van der Waals surface area contributed by atoms with Crippen LogP contribution in [0.5, 0.6) is 0 Å². The number of phosphoric ester groups is 1. The number of carbonyl (C=O) groups is 2. The van der Waals surface area contributed by atoms with Crippen LogP contribution in [0.25, 0.3) is 0 Å². The molecule has 0 rings (SSSR count). The van der Waals surface area contributed by atoms with Gasteiger partial charge in [-0.05, 0) is 102 Å². The molecule has 0 saturated heterocycles. The number of amides is 1. The van der Waals surface area contributed by atoms with Crippen LogP contribution in [0.1, 0.15) is 342 Å². The van der Waals surface area contributed by atoms with Gasteiger partial charge in [0.1, 0.15) is 19.3 Å². The molecule has 3 unspecified atom stereocenters. The number of allylic oxidation sites excluding steroid dienone is 13. The lowest BCUT2D eigenvalue weighted by molar-refractivity contribution is -0.870. The Labute approximate surface area is 539 Å². The van der Waals surface area contributed by atoms with Crippen molar-refractivity contribution in [2.45, 2.75) is 354 Å². The molecule has 0 bridgehead atoms. The van der Waals surface area contributed by atoms with Crippen molar-refractivity contribution in [1.82, 2.24) is 5.32 Å². The van der Waals surface area contributed by atoms with E-state index in [1.807, 2.05) is 33.3 Å². The highest BCUT2D eigenvalue weighted by atomic mass is 31.2. The molecule has 0 fully saturated rings. The standard InChI is InChI=1S/C77H141N2O7P/c1-7-10-13-16-19-22-25-27-29-31-33-35-37-38-39-40-42-43-45-47-49-51-54-57-60-63-66-69-76(80)78-74(73-85-87(82,83)84-72-71-79(4,5)6)75(68-65-62-59-56-53-24-21-18-15-12-9-3)86-77(81)70-67-64-61-58-55-52-50-48-46-44-41-36-34-32-30-28-26-23-20-17-14-11-8-2/h11,14,20,23,27-30,34,36,44,46,65,68,74-75H,7-10,12-13,15-19,21-22,24-26,31-33,35,37-43,45,47-64,66-67,69-73H2,1-6H3,(H-,78,80,82,83)/b14-11-,23-20-,29-27+,30-28-,36-34-,46-44-,68-65-. The van der Waals surface area contributed by atoms with Crippen LogP contribution < -0.4 is 10.2 Å². The quantitative estimate of drug-likeness (QED) is 0.0212. The Morgan fingerprint density at radius 1 is 0.414 bits per heavy atom. The van der Waals surface area contributed by atoms with Crippen LogP contribution in [0.15, 0.2) is 85.1 Å². The summed E-state index contributed by atoms with van der Waals surface area (Å²) >= 11 is 0. The Hall–Kier alpha value is -2.81. The maximum absolute atomic E-state index is 13.6. The molecule has 1 N–H and O–H groups in total. The van der Waals surface area contributed by atoms with Gasteiger partial charge in [-0.15, -0.1) is 0 Å². The molecule has 0 aromatic rings. The predicted molar refractivity (Wildman–Crippen MR) is 376 cm³/mol. The van der Waals surface area contributed by atoms with Gasteiger partial charge in [-0.2, -0.15) is 0 Å². The Bertz CT molecular complexity index is 1760. The molecule has 0 aromatic heterocycles. The maximum atomic E-state index is 13.6. The van der Waals surface area contributed by atoms with Crippen molar-refractivity contribution in [2.75, 3.05) is 40.9 Å². The highest BCUT2D eigenvalue weighted by Crippen LogP contribution is 2.38. The molecule has 0 aliphatic rings. The summed E-state index contributed by atoms with van der Waals surface area (Å²) in [6.07, 6.45) is 88.6. The first-order valence-electron chi connectivity index (χ1n) is 36.9. The molecule has 0 aliphatic carbocycles. The number of hydrogen-bond acceptors (Lipinski definition) is 7. The number of quaternary nitrogens is 1. The minimum Gasteiger partial charge on any atom is -0.756 e. The summed E-state index contributed by atoms with van der Waals surface area (Å²) in [6, 6.07) is -0.897. The first kappa shape index (κ1) is 84.2. The molecular weight excluding hydrogens is 1100 g/mol. The smallest absolute Gasteiger partial charge is 0.306 e. The fourth-order valence-corrected chi connectivity index (χ4v) is 11.4. The van der Waals surface area contributed by atoms with Crippen LogP contribution in [-0.4, -0.2) is 69.4 Å². The van der Waals surface area contributed by atoms with Crippen molar-refractivity contribution < 1.29 is 37.3 Å². The van der Waals surface area contributed by atoms with Crippen LogP contribution in [-0.2, 0) is 27.9 Å². The summed E-state index contributed by atoms with van der Waals surface area (Å²) in [5.41, 5.74) is 0. The van der Waals surface area contributed by atoms with Crippen molar-refractivity contribution in [3.63, 3.8) is 0 Å². The minimum absolute atomic E-state index is 0.0259. The highest BCUT2D eigenvalue weighted by Gasteiger charge is 2.27. The van der Waals surface area contributed by atoms with E-state index in [9.17, 15) is 19.0 Å². The summed E-state index contributed by atoms with van der Waals surface area (Å²) in [6.45, 7) is 6.75. The SMILES string of the molecule is CC/C=C\C/C=C\C/C=C\C/C=C\C/C=C\CCCCCCCCCC(=O)OC(/C=C\CCCCCCCCCCC)C(COP(=O)([O-])OCC[N+](C)(C)C)NC(=O)CCCCCCCCCCCCCCCCCCC/C=C/CCCCCCCC. The van der Waals surface area contributed by atoms with E-state index >= 15 is 0 Å². The normalized spacial score (nSPS) is 14.0. The zero-order chi connectivity index (χ0) is 63.5. The largest absolute Gasteiger partial charge is 0.756 e. The zero-order valence-corrected chi connectivity index (χ0v) is 58.9. The summed E-state index contributed by atoms with van der Waals surface area (Å²) < 4.78 is 30.4. The van der Waals surface area contributed by atoms with Gasteiger partial charge in [-0.1, -0.05) is 312 Å². The first-order valence-corrected chi connectivity index (χ1v) is 38.4. The van der Waals surface area contributed by atoms with Crippen LogP contribution in [0.4, 0.5) is 0 Å². The fraction of sp³-hybridized carbons (Fsp3) is 0.792. The molecule has 0 heterocycles. The summed E-state index contributed by atoms with van der Waals surface area (Å²) in [5.74, 6) is -0.545. The van der Waals surface area contributed by atoms with E-state index in [2.05, 4.69) is 99.0 Å². The molecule has 0 spiro atoms. The van der Waals surface area contributed by atoms with E-state index in [4.69, 9.17) is 13.8 Å². The number of likely N-dealkylation sites (N-methyl/N-ethyl adjacent to an activating group) is 1. The third kappa shape index (κ3) is 67.4. The molecule has 0 aromatic carbocycles. The monoisotopic (exact) mass is 1240 g/mol. The van der Waals surface area contributed by atoms with Gasteiger partial charge in [0, 0.05) is 12.8 Å². The number of carbonyl (C=O) groups excluding carboxylic acids is 2. The van der Waals surface area contributed by atoms with E-state index < -0.39 is 26.6 Å². The Morgan fingerprint density at radius 2 is 0.736 bits per heavy atom. The number of nitrogens with one attached hydrogen (secondary N) is 1. The van der Waals surface area contributed by atoms with Gasteiger partial charge in [-0.3, -0.25) is 14.2 Å². The summed E-state index contributed by atoms with van der Waals surface area (Å²) in [7, 11) is 1.18. The molecule has 87 heavy (non-hydrogen) atoms.